The summed E-state index contributed by atoms with van der Waals surface area (Å²) in [7, 11) is -3.73. The molecule has 0 aliphatic carbocycles. The van der Waals surface area contributed by atoms with Crippen LogP contribution in [0.4, 0.5) is 5.69 Å². The van der Waals surface area contributed by atoms with Crippen LogP contribution in [-0.2, 0) is 14.8 Å². The number of nitrogens with one attached hydrogen (secondary N) is 1. The Morgan fingerprint density at radius 2 is 1.87 bits per heavy atom. The van der Waals surface area contributed by atoms with E-state index in [0.717, 1.165) is 18.5 Å². The van der Waals surface area contributed by atoms with E-state index in [-0.39, 0.29) is 16.8 Å². The van der Waals surface area contributed by atoms with Crippen LogP contribution >= 0.6 is 0 Å². The molecule has 1 amide bonds. The van der Waals surface area contributed by atoms with Crippen LogP contribution in [0.25, 0.3) is 0 Å². The molecule has 8 nitrogen and oxygen atoms in total. The van der Waals surface area contributed by atoms with Gasteiger partial charge in [-0.1, -0.05) is 26.0 Å². The summed E-state index contributed by atoms with van der Waals surface area (Å²) in [6.45, 7) is 5.39. The molecule has 0 bridgehead atoms. The second-order valence-corrected chi connectivity index (χ2v) is 8.97. The molecular weight excluding hydrogens is 418 g/mol. The van der Waals surface area contributed by atoms with Gasteiger partial charge in [0.05, 0.1) is 23.7 Å². The van der Waals surface area contributed by atoms with Crippen LogP contribution in [0.5, 0.6) is 11.5 Å². The van der Waals surface area contributed by atoms with Crippen LogP contribution in [0.1, 0.15) is 26.7 Å². The minimum Gasteiger partial charge on any atom is -0.492 e. The zero-order chi connectivity index (χ0) is 22.4. The molecule has 3 N–H and O–H groups in total. The lowest BCUT2D eigenvalue weighted by atomic mass is 10.1. The van der Waals surface area contributed by atoms with Gasteiger partial charge < -0.3 is 19.7 Å². The molecule has 0 saturated heterocycles. The number of carbonyl (C=O) groups is 1. The van der Waals surface area contributed by atoms with Crippen LogP contribution < -0.4 is 24.8 Å². The normalized spacial score (nSPS) is 15.9. The first-order valence-corrected chi connectivity index (χ1v) is 11.9. The first-order valence-electron chi connectivity index (χ1n) is 10.4. The number of sulfonamides is 1. The highest BCUT2D eigenvalue weighted by molar-refractivity contribution is 7.89. The molecule has 1 atom stereocenters. The number of para-hydroxylation sites is 2. The lowest BCUT2D eigenvalue weighted by Gasteiger charge is -2.36. The monoisotopic (exact) mass is 447 g/mol. The number of fused-ring (bicyclic) bond motifs is 1. The van der Waals surface area contributed by atoms with Crippen LogP contribution in [0.3, 0.4) is 0 Å². The van der Waals surface area contributed by atoms with Gasteiger partial charge in [0.1, 0.15) is 18.1 Å². The molecule has 2 aromatic carbocycles. The zero-order valence-corrected chi connectivity index (χ0v) is 18.6. The molecule has 1 aliphatic heterocycles. The maximum Gasteiger partial charge on any atom is 0.263 e. The fourth-order valence-electron chi connectivity index (χ4n) is 3.44. The zero-order valence-electron chi connectivity index (χ0n) is 17.8. The quantitative estimate of drug-likeness (QED) is 0.610. The maximum absolute atomic E-state index is 12.7. The molecule has 31 heavy (non-hydrogen) atoms. The number of benzene rings is 2. The third kappa shape index (κ3) is 5.89. The highest BCUT2D eigenvalue weighted by atomic mass is 32.2. The van der Waals surface area contributed by atoms with Crippen molar-refractivity contribution in [1.82, 2.24) is 5.32 Å². The molecule has 9 heteroatoms. The van der Waals surface area contributed by atoms with E-state index in [2.05, 4.69) is 10.2 Å². The smallest absolute Gasteiger partial charge is 0.263 e. The molecule has 0 saturated carbocycles. The number of anilines is 1. The predicted octanol–water partition coefficient (Wildman–Crippen LogP) is 2.29. The van der Waals surface area contributed by atoms with Crippen molar-refractivity contribution in [2.45, 2.75) is 43.7 Å². The number of carbonyl (C=O) groups excluding carboxylic acids is 1. The average molecular weight is 448 g/mol. The number of primary sulfonamides is 1. The summed E-state index contributed by atoms with van der Waals surface area (Å²) in [5.74, 6) is 1.08. The van der Waals surface area contributed by atoms with E-state index >= 15 is 0 Å². The van der Waals surface area contributed by atoms with Gasteiger partial charge in [0, 0.05) is 6.04 Å². The Hall–Kier alpha value is -2.78. The van der Waals surface area contributed by atoms with Gasteiger partial charge in [0.25, 0.3) is 5.91 Å². The van der Waals surface area contributed by atoms with Crippen molar-refractivity contribution >= 4 is 21.6 Å². The molecule has 0 aromatic heterocycles. The minimum atomic E-state index is -3.73. The molecule has 1 aliphatic rings. The number of rotatable bonds is 9. The highest BCUT2D eigenvalue weighted by Crippen LogP contribution is 2.33. The molecule has 0 spiro atoms. The molecule has 2 aromatic rings. The standard InChI is InChI=1S/C22H29N3O5S/c1-3-16(4-2)24-22(26)21-15-25(19-7-5-6-8-20(19)30-21)13-14-29-17-9-11-18(12-10-17)31(23,27)28/h5-12,16,21H,3-4,13-15H2,1-2H3,(H,24,26)(H2,23,27,28). The summed E-state index contributed by atoms with van der Waals surface area (Å²) in [4.78, 5) is 14.8. The third-order valence-corrected chi connectivity index (χ3v) is 6.20. The summed E-state index contributed by atoms with van der Waals surface area (Å²) in [6.07, 6.45) is 1.13. The predicted molar refractivity (Wildman–Crippen MR) is 119 cm³/mol. The molecule has 1 unspecified atom stereocenters. The van der Waals surface area contributed by atoms with Crippen LogP contribution in [0, 0.1) is 0 Å². The minimum absolute atomic E-state index is 0.0354. The molecule has 168 valence electrons. The Morgan fingerprint density at radius 3 is 2.52 bits per heavy atom. The number of nitrogens with zero attached hydrogens (tertiary/aromatic N) is 1. The van der Waals surface area contributed by atoms with Gasteiger partial charge in [-0.15, -0.1) is 0 Å². The van der Waals surface area contributed by atoms with E-state index in [1.54, 1.807) is 12.1 Å². The van der Waals surface area contributed by atoms with Gasteiger partial charge in [-0.25, -0.2) is 13.6 Å². The van der Waals surface area contributed by atoms with Gasteiger partial charge in [0.15, 0.2) is 6.10 Å². The van der Waals surface area contributed by atoms with Gasteiger partial charge in [0.2, 0.25) is 10.0 Å². The van der Waals surface area contributed by atoms with E-state index in [4.69, 9.17) is 14.6 Å². The maximum atomic E-state index is 12.7. The Morgan fingerprint density at radius 1 is 1.19 bits per heavy atom. The number of ether oxygens (including phenoxy) is 2. The summed E-state index contributed by atoms with van der Waals surface area (Å²) in [6, 6.07) is 13.7. The second kappa shape index (κ2) is 10.0. The fraction of sp³-hybridized carbons (Fsp3) is 0.409. The van der Waals surface area contributed by atoms with Crippen molar-refractivity contribution in [2.75, 3.05) is 24.6 Å². The number of hydrogen-bond acceptors (Lipinski definition) is 6. The topological polar surface area (TPSA) is 111 Å². The van der Waals surface area contributed by atoms with Gasteiger partial charge in [-0.05, 0) is 49.2 Å². The Labute approximate surface area is 183 Å². The lowest BCUT2D eigenvalue weighted by Crippen LogP contribution is -2.51. The first kappa shape index (κ1) is 22.9. The molecule has 0 fully saturated rings. The molecule has 0 radical (unpaired) electrons. The largest absolute Gasteiger partial charge is 0.492 e. The van der Waals surface area contributed by atoms with Crippen molar-refractivity contribution in [3.05, 3.63) is 48.5 Å². The van der Waals surface area contributed by atoms with Crippen molar-refractivity contribution < 1.29 is 22.7 Å². The van der Waals surface area contributed by atoms with E-state index < -0.39 is 16.1 Å². The summed E-state index contributed by atoms with van der Waals surface area (Å²) in [5, 5.41) is 8.17. The van der Waals surface area contributed by atoms with Gasteiger partial charge in [-0.2, -0.15) is 0 Å². The van der Waals surface area contributed by atoms with Crippen molar-refractivity contribution in [3.63, 3.8) is 0 Å². The van der Waals surface area contributed by atoms with E-state index in [0.29, 0.717) is 31.2 Å². The molecule has 3 rings (SSSR count). The highest BCUT2D eigenvalue weighted by Gasteiger charge is 2.31. The van der Waals surface area contributed by atoms with E-state index in [1.807, 2.05) is 38.1 Å². The number of amides is 1. The second-order valence-electron chi connectivity index (χ2n) is 7.41. The lowest BCUT2D eigenvalue weighted by molar-refractivity contribution is -0.128. The third-order valence-electron chi connectivity index (χ3n) is 5.27. The van der Waals surface area contributed by atoms with E-state index in [1.165, 1.54) is 12.1 Å². The Balaban J connectivity index is 1.64. The summed E-state index contributed by atoms with van der Waals surface area (Å²) >= 11 is 0. The van der Waals surface area contributed by atoms with Crippen molar-refractivity contribution in [2.24, 2.45) is 5.14 Å². The molecular formula is C22H29N3O5S. The summed E-state index contributed by atoms with van der Waals surface area (Å²) in [5.41, 5.74) is 0.905. The Bertz CT molecular complexity index is 990. The Kier molecular flexibility index (Phi) is 7.40. The van der Waals surface area contributed by atoms with Gasteiger partial charge >= 0.3 is 0 Å². The number of nitrogens with two attached hydrogens (primary N) is 1. The summed E-state index contributed by atoms with van der Waals surface area (Å²) < 4.78 is 34.4. The fourth-order valence-corrected chi connectivity index (χ4v) is 3.96. The van der Waals surface area contributed by atoms with Crippen molar-refractivity contribution in [1.29, 1.82) is 0 Å². The first-order chi connectivity index (χ1) is 14.8. The van der Waals surface area contributed by atoms with Crippen LogP contribution in [0.2, 0.25) is 0 Å². The molecule has 1 heterocycles. The average Bonchev–Trinajstić information content (AvgIpc) is 2.76. The van der Waals surface area contributed by atoms with E-state index in [9.17, 15) is 13.2 Å². The van der Waals surface area contributed by atoms with Crippen LogP contribution in [0.15, 0.2) is 53.4 Å². The van der Waals surface area contributed by atoms with Crippen molar-refractivity contribution in [3.8, 4) is 11.5 Å². The van der Waals surface area contributed by atoms with Crippen LogP contribution in [-0.4, -0.2) is 46.2 Å². The van der Waals surface area contributed by atoms with Gasteiger partial charge in [-0.3, -0.25) is 4.79 Å². The SMILES string of the molecule is CCC(CC)NC(=O)C1CN(CCOc2ccc(S(N)(=O)=O)cc2)c2ccccc2O1. The number of hydrogen-bond donors (Lipinski definition) is 2.